The van der Waals surface area contributed by atoms with Crippen LogP contribution in [-0.4, -0.2) is 50.6 Å². The van der Waals surface area contributed by atoms with Gasteiger partial charge in [-0.2, -0.15) is 0 Å². The first-order valence-electron chi connectivity index (χ1n) is 9.26. The first-order chi connectivity index (χ1) is 12.9. The summed E-state index contributed by atoms with van der Waals surface area (Å²) in [6.45, 7) is 8.36. The van der Waals surface area contributed by atoms with Gasteiger partial charge in [0.05, 0.1) is 17.3 Å². The summed E-state index contributed by atoms with van der Waals surface area (Å²) in [5.74, 6) is -0.0987. The molecule has 1 fully saturated rings. The molecule has 0 aromatic heterocycles. The molecule has 2 aromatic carbocycles. The summed E-state index contributed by atoms with van der Waals surface area (Å²) in [6.07, 6.45) is 0. The molecule has 0 bridgehead atoms. The maximum absolute atomic E-state index is 12.3. The number of likely N-dealkylation sites (N-methyl/N-ethyl adjacent to an activating group) is 1. The fourth-order valence-corrected chi connectivity index (χ4v) is 3.72. The molecule has 0 spiro atoms. The van der Waals surface area contributed by atoms with Crippen LogP contribution in [-0.2, 0) is 4.79 Å². The van der Waals surface area contributed by atoms with Gasteiger partial charge in [0.1, 0.15) is 0 Å². The Morgan fingerprint density at radius 2 is 1.74 bits per heavy atom. The van der Waals surface area contributed by atoms with Crippen LogP contribution in [0, 0.1) is 13.8 Å². The van der Waals surface area contributed by atoms with E-state index in [9.17, 15) is 4.79 Å². The van der Waals surface area contributed by atoms with Crippen LogP contribution in [0.15, 0.2) is 36.4 Å². The van der Waals surface area contributed by atoms with Crippen molar-refractivity contribution >= 4 is 34.6 Å². The Morgan fingerprint density at radius 1 is 1.07 bits per heavy atom. The van der Waals surface area contributed by atoms with Gasteiger partial charge in [-0.15, -0.1) is 0 Å². The second kappa shape index (κ2) is 8.63. The van der Waals surface area contributed by atoms with Crippen LogP contribution in [0.1, 0.15) is 11.1 Å². The van der Waals surface area contributed by atoms with Crippen molar-refractivity contribution in [2.24, 2.45) is 0 Å². The molecule has 2 N–H and O–H groups in total. The number of benzene rings is 2. The minimum Gasteiger partial charge on any atom is -0.375 e. The van der Waals surface area contributed by atoms with Gasteiger partial charge in [-0.1, -0.05) is 17.7 Å². The molecule has 2 aromatic rings. The smallest absolute Gasteiger partial charge is 0.243 e. The third kappa shape index (κ3) is 5.15. The largest absolute Gasteiger partial charge is 0.375 e. The van der Waals surface area contributed by atoms with Crippen molar-refractivity contribution < 1.29 is 4.79 Å². The van der Waals surface area contributed by atoms with Gasteiger partial charge >= 0.3 is 0 Å². The number of nitrogens with zero attached hydrogens (tertiary/aromatic N) is 2. The molecular formula is C21H27ClN4O. The van der Waals surface area contributed by atoms with E-state index in [1.165, 1.54) is 5.69 Å². The van der Waals surface area contributed by atoms with Crippen molar-refractivity contribution in [1.82, 2.24) is 4.90 Å². The van der Waals surface area contributed by atoms with Gasteiger partial charge in [0, 0.05) is 37.6 Å². The third-order valence-corrected chi connectivity index (χ3v) is 5.18. The average molecular weight is 387 g/mol. The number of hydrogen-bond donors (Lipinski definition) is 2. The number of carbonyl (C=O) groups is 1. The van der Waals surface area contributed by atoms with Gasteiger partial charge in [-0.25, -0.2) is 0 Å². The normalized spacial score (nSPS) is 14.9. The molecule has 1 saturated heterocycles. The fourth-order valence-electron chi connectivity index (χ4n) is 3.33. The summed E-state index contributed by atoms with van der Waals surface area (Å²) in [5.41, 5.74) is 4.94. The minimum atomic E-state index is -0.0987. The van der Waals surface area contributed by atoms with Crippen molar-refractivity contribution in [3.05, 3.63) is 52.5 Å². The molecular weight excluding hydrogens is 360 g/mol. The molecule has 5 nitrogen and oxygen atoms in total. The highest BCUT2D eigenvalue weighted by Crippen LogP contribution is 2.27. The predicted octanol–water partition coefficient (Wildman–Crippen LogP) is 3.76. The van der Waals surface area contributed by atoms with Gasteiger partial charge in [0.15, 0.2) is 0 Å². The summed E-state index contributed by atoms with van der Waals surface area (Å²) in [7, 11) is 2.15. The van der Waals surface area contributed by atoms with Crippen LogP contribution < -0.4 is 15.5 Å². The number of halogens is 1. The molecule has 1 heterocycles. The van der Waals surface area contributed by atoms with E-state index in [-0.39, 0.29) is 12.5 Å². The maximum Gasteiger partial charge on any atom is 0.243 e. The molecule has 144 valence electrons. The molecule has 1 amide bonds. The van der Waals surface area contributed by atoms with Crippen LogP contribution in [0.3, 0.4) is 0 Å². The number of piperazine rings is 1. The van der Waals surface area contributed by atoms with E-state index in [1.54, 1.807) is 0 Å². The van der Waals surface area contributed by atoms with E-state index in [2.05, 4.69) is 39.6 Å². The highest BCUT2D eigenvalue weighted by Gasteiger charge is 2.14. The van der Waals surface area contributed by atoms with Crippen LogP contribution in [0.2, 0.25) is 5.02 Å². The lowest BCUT2D eigenvalue weighted by atomic mass is 10.1. The molecule has 0 saturated carbocycles. The maximum atomic E-state index is 12.3. The van der Waals surface area contributed by atoms with Crippen LogP contribution in [0.4, 0.5) is 17.1 Å². The van der Waals surface area contributed by atoms with Crippen molar-refractivity contribution in [3.8, 4) is 0 Å². The van der Waals surface area contributed by atoms with E-state index in [4.69, 9.17) is 11.6 Å². The second-order valence-electron chi connectivity index (χ2n) is 7.18. The Hall–Kier alpha value is -2.24. The van der Waals surface area contributed by atoms with E-state index >= 15 is 0 Å². The van der Waals surface area contributed by atoms with E-state index in [0.717, 1.165) is 48.7 Å². The first-order valence-corrected chi connectivity index (χ1v) is 9.64. The molecule has 0 aliphatic carbocycles. The first kappa shape index (κ1) is 19.5. The highest BCUT2D eigenvalue weighted by molar-refractivity contribution is 6.33. The summed E-state index contributed by atoms with van der Waals surface area (Å²) < 4.78 is 0. The number of rotatable bonds is 5. The van der Waals surface area contributed by atoms with Crippen LogP contribution >= 0.6 is 11.6 Å². The summed E-state index contributed by atoms with van der Waals surface area (Å²) >= 11 is 6.28. The average Bonchev–Trinajstić information content (AvgIpc) is 2.62. The van der Waals surface area contributed by atoms with Crippen LogP contribution in [0.25, 0.3) is 0 Å². The number of amides is 1. The molecule has 0 radical (unpaired) electrons. The summed E-state index contributed by atoms with van der Waals surface area (Å²) in [6, 6.07) is 12.0. The number of nitrogens with one attached hydrogen (secondary N) is 2. The quantitative estimate of drug-likeness (QED) is 0.821. The number of anilines is 3. The Balaban J connectivity index is 1.54. The van der Waals surface area contributed by atoms with Gasteiger partial charge in [-0.05, 0) is 62.4 Å². The van der Waals surface area contributed by atoms with Gasteiger partial charge in [-0.3, -0.25) is 4.79 Å². The molecule has 27 heavy (non-hydrogen) atoms. The topological polar surface area (TPSA) is 47.6 Å². The molecule has 6 heteroatoms. The Labute approximate surface area is 166 Å². The second-order valence-corrected chi connectivity index (χ2v) is 7.58. The predicted molar refractivity (Wildman–Crippen MR) is 114 cm³/mol. The van der Waals surface area contributed by atoms with Gasteiger partial charge in [0.25, 0.3) is 0 Å². The van der Waals surface area contributed by atoms with Gasteiger partial charge < -0.3 is 20.4 Å². The Kier molecular flexibility index (Phi) is 6.24. The zero-order valence-electron chi connectivity index (χ0n) is 16.2. The van der Waals surface area contributed by atoms with E-state index in [1.807, 2.05) is 38.1 Å². The minimum absolute atomic E-state index is 0.0987. The zero-order chi connectivity index (χ0) is 19.4. The summed E-state index contributed by atoms with van der Waals surface area (Å²) in [4.78, 5) is 17.0. The standard InChI is InChI=1S/C21H27ClN4O/c1-15-12-16(2)21(19(22)13-15)23-14-20(27)24-17-4-6-18(7-5-17)26-10-8-25(3)9-11-26/h4-7,12-13,23H,8-11,14H2,1-3H3,(H,24,27). The van der Waals surface area contributed by atoms with Crippen molar-refractivity contribution in [3.63, 3.8) is 0 Å². The molecule has 3 rings (SSSR count). The van der Waals surface area contributed by atoms with Crippen molar-refractivity contribution in [1.29, 1.82) is 0 Å². The third-order valence-electron chi connectivity index (χ3n) is 4.88. The molecule has 1 aliphatic heterocycles. The summed E-state index contributed by atoms with van der Waals surface area (Å²) in [5, 5.41) is 6.70. The van der Waals surface area contributed by atoms with Crippen LogP contribution in [0.5, 0.6) is 0 Å². The van der Waals surface area contributed by atoms with Crippen molar-refractivity contribution in [2.75, 3.05) is 55.3 Å². The lowest BCUT2D eigenvalue weighted by Crippen LogP contribution is -2.44. The number of aryl methyl sites for hydroxylation is 2. The Morgan fingerprint density at radius 3 is 2.37 bits per heavy atom. The SMILES string of the molecule is Cc1cc(C)c(NCC(=O)Nc2ccc(N3CCN(C)CC3)cc2)c(Cl)c1. The fraction of sp³-hybridized carbons (Fsp3) is 0.381. The molecule has 1 aliphatic rings. The lowest BCUT2D eigenvalue weighted by Gasteiger charge is -2.34. The van der Waals surface area contributed by atoms with E-state index in [0.29, 0.717) is 5.02 Å². The van der Waals surface area contributed by atoms with Gasteiger partial charge in [0.2, 0.25) is 5.91 Å². The Bertz CT molecular complexity index is 775. The number of hydrogen-bond acceptors (Lipinski definition) is 4. The van der Waals surface area contributed by atoms with Crippen molar-refractivity contribution in [2.45, 2.75) is 13.8 Å². The number of carbonyl (C=O) groups excluding carboxylic acids is 1. The zero-order valence-corrected chi connectivity index (χ0v) is 16.9. The van der Waals surface area contributed by atoms with E-state index < -0.39 is 0 Å². The molecule has 0 atom stereocenters. The monoisotopic (exact) mass is 386 g/mol. The lowest BCUT2D eigenvalue weighted by molar-refractivity contribution is -0.114. The highest BCUT2D eigenvalue weighted by atomic mass is 35.5. The molecule has 0 unspecified atom stereocenters.